The van der Waals surface area contributed by atoms with Crippen LogP contribution in [0, 0.1) is 10.1 Å². The van der Waals surface area contributed by atoms with Crippen molar-refractivity contribution in [1.29, 1.82) is 0 Å². The molecule has 0 radical (unpaired) electrons. The van der Waals surface area contributed by atoms with E-state index >= 15 is 0 Å². The quantitative estimate of drug-likeness (QED) is 0.521. The highest BCUT2D eigenvalue weighted by atomic mass is 35.5. The Morgan fingerprint density at radius 2 is 2.05 bits per heavy atom. The van der Waals surface area contributed by atoms with Crippen molar-refractivity contribution in [3.05, 3.63) is 38.9 Å². The Morgan fingerprint density at radius 3 is 2.53 bits per heavy atom. The molecule has 0 fully saturated rings. The molecule has 106 valence electrons. The summed E-state index contributed by atoms with van der Waals surface area (Å²) in [4.78, 5) is 10.4. The van der Waals surface area contributed by atoms with E-state index in [1.807, 2.05) is 0 Å². The number of benzene rings is 1. The second-order valence-electron chi connectivity index (χ2n) is 4.30. The van der Waals surface area contributed by atoms with Gasteiger partial charge in [0.2, 0.25) is 0 Å². The molecule has 0 amide bonds. The summed E-state index contributed by atoms with van der Waals surface area (Å²) in [5, 5.41) is 32.8. The van der Waals surface area contributed by atoms with Gasteiger partial charge in [-0.3, -0.25) is 10.1 Å². The molecule has 1 rings (SSSR count). The Balaban J connectivity index is 2.97. The summed E-state index contributed by atoms with van der Waals surface area (Å²) < 4.78 is 0. The fraction of sp³-hybridized carbons (Fsp3) is 0.500. The van der Waals surface area contributed by atoms with Crippen LogP contribution in [-0.4, -0.2) is 33.9 Å². The van der Waals surface area contributed by atoms with Crippen LogP contribution in [0.3, 0.4) is 0 Å². The SMILES string of the molecule is CCC(CO)(CO)NCc1c(Cl)cccc1[N+](=O)[O-]. The number of nitro benzene ring substituents is 1. The number of nitrogens with zero attached hydrogens (tertiary/aromatic N) is 1. The molecule has 0 saturated carbocycles. The van der Waals surface area contributed by atoms with E-state index in [4.69, 9.17) is 11.6 Å². The van der Waals surface area contributed by atoms with Crippen molar-refractivity contribution in [2.75, 3.05) is 13.2 Å². The van der Waals surface area contributed by atoms with Crippen molar-refractivity contribution >= 4 is 17.3 Å². The molecule has 0 saturated heterocycles. The lowest BCUT2D eigenvalue weighted by molar-refractivity contribution is -0.385. The molecular formula is C12H17ClN2O4. The number of nitro groups is 1. The number of hydrogen-bond donors (Lipinski definition) is 3. The van der Waals surface area contributed by atoms with E-state index in [-0.39, 0.29) is 30.5 Å². The molecule has 7 heteroatoms. The molecular weight excluding hydrogens is 272 g/mol. The lowest BCUT2D eigenvalue weighted by atomic mass is 9.98. The molecule has 1 aromatic rings. The number of nitrogens with one attached hydrogen (secondary N) is 1. The molecule has 0 bridgehead atoms. The predicted molar refractivity (Wildman–Crippen MR) is 72.1 cm³/mol. The number of halogens is 1. The molecule has 6 nitrogen and oxygen atoms in total. The number of rotatable bonds is 7. The van der Waals surface area contributed by atoms with Crippen LogP contribution in [0.4, 0.5) is 5.69 Å². The van der Waals surface area contributed by atoms with Gasteiger partial charge in [-0.25, -0.2) is 0 Å². The summed E-state index contributed by atoms with van der Waals surface area (Å²) in [5.74, 6) is 0. The molecule has 19 heavy (non-hydrogen) atoms. The van der Waals surface area contributed by atoms with Crippen LogP contribution < -0.4 is 5.32 Å². The standard InChI is InChI=1S/C12H17ClN2O4/c1-2-12(7-16,8-17)14-6-9-10(13)4-3-5-11(9)15(18)19/h3-5,14,16-17H,2,6-8H2,1H3. The molecule has 0 aliphatic carbocycles. The van der Waals surface area contributed by atoms with E-state index < -0.39 is 10.5 Å². The Bertz CT molecular complexity index is 441. The molecule has 0 heterocycles. The van der Waals surface area contributed by atoms with Gasteiger partial charge in [0.15, 0.2) is 0 Å². The molecule has 0 unspecified atom stereocenters. The first-order valence-electron chi connectivity index (χ1n) is 5.88. The van der Waals surface area contributed by atoms with Gasteiger partial charge in [-0.1, -0.05) is 24.6 Å². The zero-order chi connectivity index (χ0) is 14.5. The molecule has 0 spiro atoms. The molecule has 0 aliphatic heterocycles. The normalized spacial score (nSPS) is 11.6. The van der Waals surface area contributed by atoms with Crippen LogP contribution in [0.5, 0.6) is 0 Å². The van der Waals surface area contributed by atoms with E-state index in [1.54, 1.807) is 13.0 Å². The van der Waals surface area contributed by atoms with Crippen molar-refractivity contribution in [3.8, 4) is 0 Å². The summed E-state index contributed by atoms with van der Waals surface area (Å²) in [7, 11) is 0. The highest BCUT2D eigenvalue weighted by Gasteiger charge is 2.27. The second kappa shape index (κ2) is 6.81. The molecule has 3 N–H and O–H groups in total. The lowest BCUT2D eigenvalue weighted by Gasteiger charge is -2.30. The highest BCUT2D eigenvalue weighted by molar-refractivity contribution is 6.31. The van der Waals surface area contributed by atoms with E-state index in [0.717, 1.165) is 0 Å². The summed E-state index contributed by atoms with van der Waals surface area (Å²) in [5.41, 5.74) is -0.609. The maximum Gasteiger partial charge on any atom is 0.275 e. The minimum atomic E-state index is -0.868. The number of aliphatic hydroxyl groups is 2. The summed E-state index contributed by atoms with van der Waals surface area (Å²) >= 11 is 5.96. The average molecular weight is 289 g/mol. The maximum absolute atomic E-state index is 10.9. The number of aliphatic hydroxyl groups excluding tert-OH is 2. The maximum atomic E-state index is 10.9. The Hall–Kier alpha value is -1.21. The zero-order valence-electron chi connectivity index (χ0n) is 10.6. The molecule has 1 aromatic carbocycles. The molecule has 0 atom stereocenters. The Kier molecular flexibility index (Phi) is 5.68. The van der Waals surface area contributed by atoms with Gasteiger partial charge in [0.1, 0.15) is 0 Å². The average Bonchev–Trinajstić information content (AvgIpc) is 2.42. The topological polar surface area (TPSA) is 95.6 Å². The van der Waals surface area contributed by atoms with Crippen LogP contribution in [0.2, 0.25) is 5.02 Å². The highest BCUT2D eigenvalue weighted by Crippen LogP contribution is 2.26. The van der Waals surface area contributed by atoms with Crippen LogP contribution in [0.25, 0.3) is 0 Å². The van der Waals surface area contributed by atoms with Gasteiger partial charge in [-0.2, -0.15) is 0 Å². The monoisotopic (exact) mass is 288 g/mol. The molecule has 0 aromatic heterocycles. The summed E-state index contributed by atoms with van der Waals surface area (Å²) in [6.45, 7) is 1.38. The van der Waals surface area contributed by atoms with E-state index in [1.165, 1.54) is 12.1 Å². The number of hydrogen-bond acceptors (Lipinski definition) is 5. The van der Waals surface area contributed by atoms with Gasteiger partial charge in [-0.05, 0) is 12.5 Å². The van der Waals surface area contributed by atoms with Crippen molar-refractivity contribution < 1.29 is 15.1 Å². The summed E-state index contributed by atoms with van der Waals surface area (Å²) in [6, 6.07) is 4.45. The smallest absolute Gasteiger partial charge is 0.275 e. The van der Waals surface area contributed by atoms with Crippen LogP contribution in [0.1, 0.15) is 18.9 Å². The molecule has 0 aliphatic rings. The van der Waals surface area contributed by atoms with E-state index in [2.05, 4.69) is 5.32 Å². The Morgan fingerprint density at radius 1 is 1.42 bits per heavy atom. The van der Waals surface area contributed by atoms with Crippen molar-refractivity contribution in [3.63, 3.8) is 0 Å². The lowest BCUT2D eigenvalue weighted by Crippen LogP contribution is -2.50. The zero-order valence-corrected chi connectivity index (χ0v) is 11.4. The van der Waals surface area contributed by atoms with Gasteiger partial charge in [-0.15, -0.1) is 0 Å². The third kappa shape index (κ3) is 3.63. The van der Waals surface area contributed by atoms with Crippen molar-refractivity contribution in [1.82, 2.24) is 5.32 Å². The van der Waals surface area contributed by atoms with Crippen molar-refractivity contribution in [2.24, 2.45) is 0 Å². The predicted octanol–water partition coefficient (Wildman–Crippen LogP) is 1.47. The second-order valence-corrected chi connectivity index (χ2v) is 4.71. The van der Waals surface area contributed by atoms with Gasteiger partial charge in [0.25, 0.3) is 5.69 Å². The van der Waals surface area contributed by atoms with Crippen LogP contribution >= 0.6 is 11.6 Å². The first kappa shape index (κ1) is 15.8. The van der Waals surface area contributed by atoms with Gasteiger partial charge in [0, 0.05) is 12.6 Å². The third-order valence-electron chi connectivity index (χ3n) is 3.21. The van der Waals surface area contributed by atoms with E-state index in [9.17, 15) is 20.3 Å². The van der Waals surface area contributed by atoms with Gasteiger partial charge >= 0.3 is 0 Å². The minimum Gasteiger partial charge on any atom is -0.394 e. The van der Waals surface area contributed by atoms with Gasteiger partial charge < -0.3 is 15.5 Å². The fourth-order valence-corrected chi connectivity index (χ4v) is 1.92. The van der Waals surface area contributed by atoms with Crippen LogP contribution in [0.15, 0.2) is 18.2 Å². The minimum absolute atomic E-state index is 0.0825. The van der Waals surface area contributed by atoms with Crippen LogP contribution in [-0.2, 0) is 6.54 Å². The third-order valence-corrected chi connectivity index (χ3v) is 3.57. The van der Waals surface area contributed by atoms with Gasteiger partial charge in [0.05, 0.1) is 34.3 Å². The largest absolute Gasteiger partial charge is 0.394 e. The first-order chi connectivity index (χ1) is 8.99. The Labute approximate surface area is 116 Å². The van der Waals surface area contributed by atoms with E-state index in [0.29, 0.717) is 12.0 Å². The fourth-order valence-electron chi connectivity index (χ4n) is 1.68. The summed E-state index contributed by atoms with van der Waals surface area (Å²) in [6.07, 6.45) is 0.484. The van der Waals surface area contributed by atoms with Crippen molar-refractivity contribution in [2.45, 2.75) is 25.4 Å². The first-order valence-corrected chi connectivity index (χ1v) is 6.26.